The van der Waals surface area contributed by atoms with Gasteiger partial charge in [-0.15, -0.1) is 0 Å². The van der Waals surface area contributed by atoms with Crippen molar-refractivity contribution >= 4 is 22.8 Å². The number of amides is 1. The molecule has 0 fully saturated rings. The number of furan rings is 1. The molecule has 2 aromatic heterocycles. The molecule has 1 amide bonds. The Morgan fingerprint density at radius 1 is 1.23 bits per heavy atom. The highest BCUT2D eigenvalue weighted by atomic mass is 16.4. The summed E-state index contributed by atoms with van der Waals surface area (Å²) in [6.07, 6.45) is 1.19. The largest absolute Gasteiger partial charge is 0.481 e. The molecule has 6 heteroatoms. The molecule has 0 unspecified atom stereocenters. The Hall–Kier alpha value is -3.15. The van der Waals surface area contributed by atoms with Crippen LogP contribution in [0.5, 0.6) is 0 Å². The second-order valence-corrected chi connectivity index (χ2v) is 6.36. The second kappa shape index (κ2) is 7.00. The zero-order valence-electron chi connectivity index (χ0n) is 14.9. The number of pyridine rings is 1. The number of aliphatic carboxylic acids is 1. The summed E-state index contributed by atoms with van der Waals surface area (Å²) in [5.74, 6) is -0.953. The lowest BCUT2D eigenvalue weighted by molar-refractivity contribution is -0.137. The van der Waals surface area contributed by atoms with Crippen LogP contribution in [0.3, 0.4) is 0 Å². The van der Waals surface area contributed by atoms with Gasteiger partial charge in [0.2, 0.25) is 0 Å². The molecule has 0 spiro atoms. The van der Waals surface area contributed by atoms with Crippen molar-refractivity contribution in [2.45, 2.75) is 33.2 Å². The Morgan fingerprint density at radius 3 is 2.65 bits per heavy atom. The summed E-state index contributed by atoms with van der Waals surface area (Å²) in [5, 5.41) is 12.7. The average molecular weight is 352 g/mol. The molecular formula is C20H20N2O4. The van der Waals surface area contributed by atoms with Crippen molar-refractivity contribution in [3.63, 3.8) is 0 Å². The number of carboxylic acids is 1. The van der Waals surface area contributed by atoms with Gasteiger partial charge in [0.1, 0.15) is 5.76 Å². The fourth-order valence-electron chi connectivity index (χ4n) is 3.00. The zero-order valence-corrected chi connectivity index (χ0v) is 14.9. The number of carboxylic acid groups (broad SMARTS) is 1. The Bertz CT molecular complexity index is 977. The van der Waals surface area contributed by atoms with E-state index in [9.17, 15) is 14.7 Å². The Morgan fingerprint density at radius 2 is 2.00 bits per heavy atom. The van der Waals surface area contributed by atoms with Crippen molar-refractivity contribution in [1.29, 1.82) is 0 Å². The summed E-state index contributed by atoms with van der Waals surface area (Å²) < 4.78 is 5.30. The number of aromatic nitrogens is 1. The number of hydrogen-bond acceptors (Lipinski definition) is 4. The van der Waals surface area contributed by atoms with Gasteiger partial charge in [0.25, 0.3) is 5.91 Å². The van der Waals surface area contributed by atoms with Crippen LogP contribution in [0.15, 0.2) is 41.0 Å². The smallest absolute Gasteiger partial charge is 0.305 e. The van der Waals surface area contributed by atoms with Crippen LogP contribution < -0.4 is 5.32 Å². The molecule has 0 aliphatic carbocycles. The van der Waals surface area contributed by atoms with Crippen molar-refractivity contribution in [2.75, 3.05) is 0 Å². The molecule has 1 atom stereocenters. The molecule has 0 saturated heterocycles. The maximum atomic E-state index is 13.1. The first kappa shape index (κ1) is 17.7. The number of hydrogen-bond donors (Lipinski definition) is 2. The molecule has 1 aromatic carbocycles. The molecule has 2 N–H and O–H groups in total. The lowest BCUT2D eigenvalue weighted by Gasteiger charge is -2.18. The zero-order chi connectivity index (χ0) is 18.8. The third-order valence-electron chi connectivity index (χ3n) is 4.43. The molecule has 0 saturated carbocycles. The highest BCUT2D eigenvalue weighted by molar-refractivity contribution is 6.08. The number of benzene rings is 1. The van der Waals surface area contributed by atoms with Crippen molar-refractivity contribution in [3.05, 3.63) is 64.7 Å². The van der Waals surface area contributed by atoms with Gasteiger partial charge in [-0.25, -0.2) is 0 Å². The van der Waals surface area contributed by atoms with E-state index < -0.39 is 12.0 Å². The van der Waals surface area contributed by atoms with E-state index in [1.165, 1.54) is 6.26 Å². The number of rotatable bonds is 5. The first-order valence-corrected chi connectivity index (χ1v) is 8.30. The van der Waals surface area contributed by atoms with Crippen LogP contribution in [0.1, 0.15) is 45.4 Å². The lowest BCUT2D eigenvalue weighted by atomic mass is 9.99. The van der Waals surface area contributed by atoms with E-state index in [4.69, 9.17) is 4.42 Å². The van der Waals surface area contributed by atoms with Gasteiger partial charge in [-0.3, -0.25) is 14.6 Å². The number of nitrogens with one attached hydrogen (secondary N) is 1. The molecule has 0 bridgehead atoms. The molecule has 134 valence electrons. The summed E-state index contributed by atoms with van der Waals surface area (Å²) >= 11 is 0. The van der Waals surface area contributed by atoms with Gasteiger partial charge < -0.3 is 14.8 Å². The van der Waals surface area contributed by atoms with Gasteiger partial charge in [0.15, 0.2) is 0 Å². The van der Waals surface area contributed by atoms with Gasteiger partial charge >= 0.3 is 5.97 Å². The van der Waals surface area contributed by atoms with Crippen LogP contribution in [0.25, 0.3) is 10.9 Å². The first-order valence-electron chi connectivity index (χ1n) is 8.30. The van der Waals surface area contributed by atoms with Gasteiger partial charge in [-0.1, -0.05) is 11.6 Å². The number of carbonyl (C=O) groups is 2. The number of nitrogens with zero attached hydrogens (tertiary/aromatic N) is 1. The quantitative estimate of drug-likeness (QED) is 0.730. The van der Waals surface area contributed by atoms with Crippen LogP contribution >= 0.6 is 0 Å². The van der Waals surface area contributed by atoms with Crippen molar-refractivity contribution in [1.82, 2.24) is 10.3 Å². The minimum atomic E-state index is -1.02. The highest BCUT2D eigenvalue weighted by Gasteiger charge is 2.24. The van der Waals surface area contributed by atoms with Crippen LogP contribution in [-0.2, 0) is 4.79 Å². The standard InChI is InChI=1S/C20H20N2O4/c1-11-6-7-15-14(9-11)19(12(2)13(3)21-15)20(25)22-16(10-18(23)24)17-5-4-8-26-17/h4-9,16H,10H2,1-3H3,(H,22,25)(H,23,24)/t16-/m0/s1. The minimum absolute atomic E-state index is 0.265. The summed E-state index contributed by atoms with van der Waals surface area (Å²) in [5.41, 5.74) is 3.80. The maximum absolute atomic E-state index is 13.1. The third kappa shape index (κ3) is 3.44. The van der Waals surface area contributed by atoms with Gasteiger partial charge in [0.05, 0.1) is 29.8 Å². The van der Waals surface area contributed by atoms with Crippen LogP contribution in [0.4, 0.5) is 0 Å². The fraction of sp³-hybridized carbons (Fsp3) is 0.250. The topological polar surface area (TPSA) is 92.4 Å². The van der Waals surface area contributed by atoms with Gasteiger partial charge in [0, 0.05) is 11.1 Å². The molecule has 0 aliphatic rings. The van der Waals surface area contributed by atoms with Gasteiger partial charge in [-0.05, 0) is 50.6 Å². The molecule has 0 aliphatic heterocycles. The summed E-state index contributed by atoms with van der Waals surface area (Å²) in [7, 11) is 0. The predicted molar refractivity (Wildman–Crippen MR) is 97.1 cm³/mol. The van der Waals surface area contributed by atoms with Crippen LogP contribution in [0, 0.1) is 20.8 Å². The SMILES string of the molecule is Cc1ccc2nc(C)c(C)c(C(=O)N[C@@H](CC(=O)O)c3ccco3)c2c1. The van der Waals surface area contributed by atoms with Crippen molar-refractivity contribution in [2.24, 2.45) is 0 Å². The van der Waals surface area contributed by atoms with E-state index in [2.05, 4.69) is 10.3 Å². The number of fused-ring (bicyclic) bond motifs is 1. The van der Waals surface area contributed by atoms with E-state index in [-0.39, 0.29) is 12.3 Å². The number of aryl methyl sites for hydroxylation is 2. The predicted octanol–water partition coefficient (Wildman–Crippen LogP) is 3.70. The summed E-state index contributed by atoms with van der Waals surface area (Å²) in [6.45, 7) is 5.65. The maximum Gasteiger partial charge on any atom is 0.305 e. The third-order valence-corrected chi connectivity index (χ3v) is 4.43. The van der Waals surface area contributed by atoms with Crippen molar-refractivity contribution in [3.8, 4) is 0 Å². The second-order valence-electron chi connectivity index (χ2n) is 6.36. The van der Waals surface area contributed by atoms with E-state index in [0.29, 0.717) is 11.3 Å². The Labute approximate surface area is 150 Å². The normalized spacial score (nSPS) is 12.1. The minimum Gasteiger partial charge on any atom is -0.481 e. The number of carbonyl (C=O) groups excluding carboxylic acids is 1. The molecule has 3 rings (SSSR count). The van der Waals surface area contributed by atoms with Crippen LogP contribution in [-0.4, -0.2) is 22.0 Å². The summed E-state index contributed by atoms with van der Waals surface area (Å²) in [4.78, 5) is 28.8. The molecular weight excluding hydrogens is 332 g/mol. The Kier molecular flexibility index (Phi) is 4.75. The Balaban J connectivity index is 2.05. The lowest BCUT2D eigenvalue weighted by Crippen LogP contribution is -2.31. The summed E-state index contributed by atoms with van der Waals surface area (Å²) in [6, 6.07) is 8.32. The molecule has 0 radical (unpaired) electrons. The van der Waals surface area contributed by atoms with E-state index in [0.717, 1.165) is 27.7 Å². The van der Waals surface area contributed by atoms with E-state index in [1.807, 2.05) is 39.0 Å². The monoisotopic (exact) mass is 352 g/mol. The molecule has 26 heavy (non-hydrogen) atoms. The van der Waals surface area contributed by atoms with Crippen molar-refractivity contribution < 1.29 is 19.1 Å². The molecule has 3 aromatic rings. The van der Waals surface area contributed by atoms with E-state index in [1.54, 1.807) is 12.1 Å². The molecule has 6 nitrogen and oxygen atoms in total. The first-order chi connectivity index (χ1) is 12.4. The molecule has 2 heterocycles. The fourth-order valence-corrected chi connectivity index (χ4v) is 3.00. The van der Waals surface area contributed by atoms with E-state index >= 15 is 0 Å². The average Bonchev–Trinajstić information content (AvgIpc) is 3.10. The van der Waals surface area contributed by atoms with Gasteiger partial charge in [-0.2, -0.15) is 0 Å². The highest BCUT2D eigenvalue weighted by Crippen LogP contribution is 2.26. The van der Waals surface area contributed by atoms with Crippen LogP contribution in [0.2, 0.25) is 0 Å².